The van der Waals surface area contributed by atoms with Gasteiger partial charge in [-0.05, 0) is 36.6 Å². The van der Waals surface area contributed by atoms with E-state index in [1.165, 1.54) is 6.08 Å². The van der Waals surface area contributed by atoms with Crippen LogP contribution in [-0.4, -0.2) is 27.3 Å². The Morgan fingerprint density at radius 1 is 1.25 bits per heavy atom. The molecule has 1 aliphatic heterocycles. The van der Waals surface area contributed by atoms with Gasteiger partial charge < -0.3 is 4.74 Å². The van der Waals surface area contributed by atoms with Crippen molar-refractivity contribution >= 4 is 15.8 Å². The molecule has 0 bridgehead atoms. The van der Waals surface area contributed by atoms with Crippen LogP contribution < -0.4 is 4.74 Å². The molecule has 1 aromatic carbocycles. The smallest absolute Gasteiger partial charge is 0.354 e. The van der Waals surface area contributed by atoms with Crippen LogP contribution >= 0.6 is 0 Å². The van der Waals surface area contributed by atoms with E-state index in [0.717, 1.165) is 11.1 Å². The zero-order valence-electron chi connectivity index (χ0n) is 12.6. The van der Waals surface area contributed by atoms with Gasteiger partial charge >= 0.3 is 10.1 Å². The number of oxime groups is 1. The van der Waals surface area contributed by atoms with E-state index in [0.29, 0.717) is 17.9 Å². The van der Waals surface area contributed by atoms with E-state index in [9.17, 15) is 8.42 Å². The maximum absolute atomic E-state index is 12.2. The molecule has 0 aromatic heterocycles. The fourth-order valence-corrected chi connectivity index (χ4v) is 3.27. The summed E-state index contributed by atoms with van der Waals surface area (Å²) in [4.78, 5) is 2.82. The average molecular weight is 346 g/mol. The third-order valence-electron chi connectivity index (χ3n) is 3.66. The zero-order chi connectivity index (χ0) is 17.0. The normalized spacial score (nSPS) is 18.1. The third-order valence-corrected chi connectivity index (χ3v) is 4.92. The van der Waals surface area contributed by atoms with Crippen LogP contribution in [0.15, 0.2) is 57.2 Å². The summed E-state index contributed by atoms with van der Waals surface area (Å²) in [7, 11) is -3.95. The summed E-state index contributed by atoms with van der Waals surface area (Å²) in [5, 5.41) is 7.21. The minimum Gasteiger partial charge on any atom is -0.486 e. The van der Waals surface area contributed by atoms with Crippen molar-refractivity contribution < 1.29 is 17.4 Å². The monoisotopic (exact) mass is 346 g/mol. The Labute approximate surface area is 138 Å². The van der Waals surface area contributed by atoms with Gasteiger partial charge in [0.2, 0.25) is 0 Å². The molecule has 0 amide bonds. The van der Waals surface area contributed by atoms with Gasteiger partial charge in [-0.3, -0.25) is 4.28 Å². The molecule has 1 aromatic rings. The van der Waals surface area contributed by atoms with Crippen LogP contribution in [0.2, 0.25) is 0 Å². The molecule has 3 rings (SSSR count). The molecule has 1 aliphatic carbocycles. The van der Waals surface area contributed by atoms with Crippen LogP contribution in [-0.2, 0) is 14.4 Å². The van der Waals surface area contributed by atoms with Gasteiger partial charge in [-0.15, -0.1) is 0 Å². The van der Waals surface area contributed by atoms with Gasteiger partial charge in [0.25, 0.3) is 0 Å². The van der Waals surface area contributed by atoms with Gasteiger partial charge in [0, 0.05) is 17.0 Å². The van der Waals surface area contributed by atoms with Crippen molar-refractivity contribution in [2.45, 2.75) is 12.8 Å². The van der Waals surface area contributed by atoms with Crippen LogP contribution in [0, 0.1) is 0 Å². The first-order valence-electron chi connectivity index (χ1n) is 7.22. The summed E-state index contributed by atoms with van der Waals surface area (Å²) in [5.74, 6) is 0.653. The minimum absolute atomic E-state index is 0.142. The number of benzene rings is 1. The number of allylic oxidation sites excluding steroid dienone is 3. The number of hydrogen-bond donors (Lipinski definition) is 0. The summed E-state index contributed by atoms with van der Waals surface area (Å²) >= 11 is 0. The van der Waals surface area contributed by atoms with Crippen LogP contribution in [0.3, 0.4) is 0 Å². The first-order chi connectivity index (χ1) is 11.6. The van der Waals surface area contributed by atoms with Gasteiger partial charge in [0.1, 0.15) is 18.1 Å². The Morgan fingerprint density at radius 3 is 2.83 bits per heavy atom. The van der Waals surface area contributed by atoms with E-state index in [-0.39, 0.29) is 24.5 Å². The molecular weight excluding hydrogens is 332 g/mol. The van der Waals surface area contributed by atoms with Gasteiger partial charge in [-0.2, -0.15) is 8.42 Å². The Hall–Kier alpha value is -2.77. The summed E-state index contributed by atoms with van der Waals surface area (Å²) in [6.45, 7) is 0.405. The fraction of sp³-hybridized carbons (Fsp3) is 0.267. The Morgan fingerprint density at radius 2 is 2.08 bits per heavy atom. The number of para-hydroxylation sites is 1. The first-order valence-corrected chi connectivity index (χ1v) is 8.63. The summed E-state index contributed by atoms with van der Waals surface area (Å²) in [6, 6.07) is 7.22. The zero-order valence-corrected chi connectivity index (χ0v) is 13.4. The van der Waals surface area contributed by atoms with Crippen molar-refractivity contribution in [1.29, 1.82) is 0 Å². The number of nitrogens with zero attached hydrogens (tertiary/aromatic N) is 4. The lowest BCUT2D eigenvalue weighted by molar-refractivity contribution is 0.336. The molecule has 0 unspecified atom stereocenters. The van der Waals surface area contributed by atoms with E-state index < -0.39 is 10.1 Å². The molecule has 0 atom stereocenters. The van der Waals surface area contributed by atoms with Crippen molar-refractivity contribution in [3.05, 3.63) is 62.9 Å². The van der Waals surface area contributed by atoms with E-state index in [1.54, 1.807) is 18.2 Å². The van der Waals surface area contributed by atoms with Crippen molar-refractivity contribution in [1.82, 2.24) is 0 Å². The molecule has 1 heterocycles. The van der Waals surface area contributed by atoms with Crippen molar-refractivity contribution in [3.63, 3.8) is 0 Å². The lowest BCUT2D eigenvalue weighted by Gasteiger charge is -2.12. The van der Waals surface area contributed by atoms with Crippen LogP contribution in [0.25, 0.3) is 10.4 Å². The molecular formula is C15H14N4O4S. The molecule has 124 valence electrons. The topological polar surface area (TPSA) is 114 Å². The van der Waals surface area contributed by atoms with Crippen LogP contribution in [0.1, 0.15) is 18.4 Å². The Bertz CT molecular complexity index is 896. The average Bonchev–Trinajstić information content (AvgIpc) is 3.02. The van der Waals surface area contributed by atoms with Gasteiger partial charge in [-0.1, -0.05) is 34.1 Å². The predicted octanol–water partition coefficient (Wildman–Crippen LogP) is 3.04. The summed E-state index contributed by atoms with van der Waals surface area (Å²) < 4.78 is 34.7. The maximum atomic E-state index is 12.2. The standard InChI is InChI=1S/C15H14N4O4S/c16-19-17-9-11-5-7-12(8-6-11)24(20,21)23-18-14-10-22-15-4-2-1-3-13(14)15/h1-5,7H,6,8-10H2/b18-14+. The van der Waals surface area contributed by atoms with Gasteiger partial charge in [0.05, 0.1) is 4.91 Å². The third kappa shape index (κ3) is 3.42. The molecule has 24 heavy (non-hydrogen) atoms. The van der Waals surface area contributed by atoms with Gasteiger partial charge in [-0.25, -0.2) is 0 Å². The number of rotatable bonds is 5. The number of fused-ring (bicyclic) bond motifs is 1. The highest BCUT2D eigenvalue weighted by Crippen LogP contribution is 2.27. The molecule has 2 aliphatic rings. The maximum Gasteiger partial charge on any atom is 0.354 e. The molecule has 0 spiro atoms. The fourth-order valence-electron chi connectivity index (χ4n) is 2.40. The first kappa shape index (κ1) is 16.1. The SMILES string of the molecule is [N-]=[N+]=NCC1=CC=C(S(=O)(=O)O/N=C2\COc3ccccc32)CC1. The lowest BCUT2D eigenvalue weighted by atomic mass is 10.1. The van der Waals surface area contributed by atoms with Crippen LogP contribution in [0.5, 0.6) is 5.75 Å². The van der Waals surface area contributed by atoms with E-state index >= 15 is 0 Å². The number of ether oxygens (including phenoxy) is 1. The Balaban J connectivity index is 1.74. The van der Waals surface area contributed by atoms with Crippen molar-refractivity contribution in [3.8, 4) is 5.75 Å². The van der Waals surface area contributed by atoms with E-state index in [1.807, 2.05) is 12.1 Å². The lowest BCUT2D eigenvalue weighted by Crippen LogP contribution is -2.11. The quantitative estimate of drug-likeness (QED) is 0.353. The van der Waals surface area contributed by atoms with Crippen molar-refractivity contribution in [2.24, 2.45) is 10.3 Å². The van der Waals surface area contributed by atoms with E-state index in [4.69, 9.17) is 14.6 Å². The minimum atomic E-state index is -3.95. The molecule has 0 radical (unpaired) electrons. The second kappa shape index (κ2) is 6.77. The molecule has 0 N–H and O–H groups in total. The molecule has 0 saturated heterocycles. The number of azide groups is 1. The second-order valence-electron chi connectivity index (χ2n) is 5.20. The molecule has 9 heteroatoms. The highest BCUT2D eigenvalue weighted by atomic mass is 32.2. The van der Waals surface area contributed by atoms with Gasteiger partial charge in [0.15, 0.2) is 0 Å². The highest BCUT2D eigenvalue weighted by molar-refractivity contribution is 7.90. The summed E-state index contributed by atoms with van der Waals surface area (Å²) in [6.07, 6.45) is 3.87. The van der Waals surface area contributed by atoms with Crippen molar-refractivity contribution in [2.75, 3.05) is 13.2 Å². The molecule has 0 saturated carbocycles. The largest absolute Gasteiger partial charge is 0.486 e. The van der Waals surface area contributed by atoms with Crippen LogP contribution in [0.4, 0.5) is 0 Å². The van der Waals surface area contributed by atoms with E-state index in [2.05, 4.69) is 15.2 Å². The Kier molecular flexibility index (Phi) is 4.54. The molecule has 0 fully saturated rings. The second-order valence-corrected chi connectivity index (χ2v) is 6.78. The summed E-state index contributed by atoms with van der Waals surface area (Å²) in [5.41, 5.74) is 10.3. The number of hydrogen-bond acceptors (Lipinski definition) is 6. The highest BCUT2D eigenvalue weighted by Gasteiger charge is 2.24. The molecule has 8 nitrogen and oxygen atoms in total. The predicted molar refractivity (Wildman–Crippen MR) is 87.9 cm³/mol.